The summed E-state index contributed by atoms with van der Waals surface area (Å²) < 4.78 is 33.0. The summed E-state index contributed by atoms with van der Waals surface area (Å²) >= 11 is 1.20. The molecule has 138 valence electrons. The fourth-order valence-electron chi connectivity index (χ4n) is 2.57. The van der Waals surface area contributed by atoms with Crippen LogP contribution in [-0.4, -0.2) is 38.5 Å². The average molecular weight is 394 g/mol. The van der Waals surface area contributed by atoms with Crippen molar-refractivity contribution in [1.82, 2.24) is 9.62 Å². The molecule has 1 aliphatic heterocycles. The number of rotatable bonds is 7. The van der Waals surface area contributed by atoms with Crippen LogP contribution in [0.5, 0.6) is 0 Å². The number of aryl methyl sites for hydroxylation is 1. The fraction of sp³-hybridized carbons (Fsp3) is 0.294. The van der Waals surface area contributed by atoms with E-state index in [4.69, 9.17) is 4.74 Å². The summed E-state index contributed by atoms with van der Waals surface area (Å²) in [6.45, 7) is 1.50. The number of hydrogen-bond donors (Lipinski definition) is 1. The van der Waals surface area contributed by atoms with Crippen LogP contribution in [0.4, 0.5) is 4.79 Å². The maximum absolute atomic E-state index is 12.8. The molecule has 3 rings (SSSR count). The van der Waals surface area contributed by atoms with E-state index in [2.05, 4.69) is 4.72 Å². The number of carbonyl (C=O) groups is 2. The highest BCUT2D eigenvalue weighted by atomic mass is 32.2. The highest BCUT2D eigenvalue weighted by Gasteiger charge is 2.35. The van der Waals surface area contributed by atoms with Crippen LogP contribution in [0.25, 0.3) is 0 Å². The molecule has 1 atom stereocenters. The van der Waals surface area contributed by atoms with Crippen molar-refractivity contribution in [1.29, 1.82) is 0 Å². The Kier molecular flexibility index (Phi) is 5.40. The maximum Gasteiger partial charge on any atom is 0.417 e. The van der Waals surface area contributed by atoms with Gasteiger partial charge in [0.15, 0.2) is 6.61 Å². The number of nitrogens with one attached hydrogen (secondary N) is 1. The van der Waals surface area contributed by atoms with Crippen LogP contribution in [-0.2, 0) is 26.0 Å². The van der Waals surface area contributed by atoms with E-state index < -0.39 is 28.1 Å². The molecule has 0 bridgehead atoms. The third-order valence-electron chi connectivity index (χ3n) is 3.96. The number of hydrogen-bond acceptors (Lipinski definition) is 6. The van der Waals surface area contributed by atoms with Crippen LogP contribution < -0.4 is 4.72 Å². The second-order valence-electron chi connectivity index (χ2n) is 5.72. The van der Waals surface area contributed by atoms with Crippen molar-refractivity contribution in [2.45, 2.75) is 23.6 Å². The van der Waals surface area contributed by atoms with Crippen molar-refractivity contribution >= 4 is 33.4 Å². The molecular formula is C17H18N2O5S2. The zero-order chi connectivity index (χ0) is 18.7. The number of sulfonamides is 1. The third kappa shape index (κ3) is 3.95. The van der Waals surface area contributed by atoms with Gasteiger partial charge in [0.25, 0.3) is 15.9 Å². The molecule has 26 heavy (non-hydrogen) atoms. The smallest absolute Gasteiger partial charge is 0.417 e. The molecular weight excluding hydrogens is 376 g/mol. The van der Waals surface area contributed by atoms with Crippen LogP contribution in [0.1, 0.15) is 23.4 Å². The lowest BCUT2D eigenvalue weighted by Crippen LogP contribution is -2.40. The van der Waals surface area contributed by atoms with E-state index in [-0.39, 0.29) is 17.4 Å². The van der Waals surface area contributed by atoms with Crippen LogP contribution in [0.3, 0.4) is 0 Å². The highest BCUT2D eigenvalue weighted by Crippen LogP contribution is 2.25. The molecule has 1 aliphatic rings. The molecule has 1 fully saturated rings. The second kappa shape index (κ2) is 7.56. The number of amides is 2. The number of thiophene rings is 1. The summed E-state index contributed by atoms with van der Waals surface area (Å²) in [5, 5.41) is 0. The first-order chi connectivity index (χ1) is 12.4. The number of imide groups is 1. The minimum absolute atomic E-state index is 0.132. The first-order valence-electron chi connectivity index (χ1n) is 8.04. The van der Waals surface area contributed by atoms with E-state index >= 15 is 0 Å². The molecule has 0 radical (unpaired) electrons. The molecule has 2 aromatic rings. The number of carbonyl (C=O) groups excluding carboxylic acids is 2. The summed E-state index contributed by atoms with van der Waals surface area (Å²) in [6, 6.07) is 11.4. The van der Waals surface area contributed by atoms with Crippen molar-refractivity contribution < 1.29 is 22.7 Å². The van der Waals surface area contributed by atoms with Gasteiger partial charge in [0, 0.05) is 4.88 Å². The van der Waals surface area contributed by atoms with E-state index in [1.165, 1.54) is 11.3 Å². The molecule has 1 N–H and O–H groups in total. The van der Waals surface area contributed by atoms with Crippen molar-refractivity contribution in [2.75, 3.05) is 13.2 Å². The molecule has 0 saturated carbocycles. The predicted octanol–water partition coefficient (Wildman–Crippen LogP) is 2.31. The van der Waals surface area contributed by atoms with Crippen LogP contribution in [0.2, 0.25) is 0 Å². The minimum atomic E-state index is -3.80. The monoisotopic (exact) mass is 394 g/mol. The fourth-order valence-corrected chi connectivity index (χ4v) is 5.10. The van der Waals surface area contributed by atoms with Crippen LogP contribution in [0.15, 0.2) is 46.7 Å². The highest BCUT2D eigenvalue weighted by molar-refractivity contribution is 7.91. The number of nitrogens with zero attached hydrogens (tertiary/aromatic N) is 1. The van der Waals surface area contributed by atoms with E-state index in [9.17, 15) is 18.0 Å². The molecule has 7 nitrogen and oxygen atoms in total. The molecule has 2 heterocycles. The summed E-state index contributed by atoms with van der Waals surface area (Å²) in [5.74, 6) is -0.487. The second-order valence-corrected chi connectivity index (χ2v) is 8.83. The molecule has 1 saturated heterocycles. The molecule has 2 amide bonds. The largest absolute Gasteiger partial charge is 0.439 e. The van der Waals surface area contributed by atoms with Gasteiger partial charge >= 0.3 is 6.09 Å². The molecule has 1 aromatic carbocycles. The Balaban J connectivity index is 1.88. The van der Waals surface area contributed by atoms with Crippen molar-refractivity contribution in [2.24, 2.45) is 0 Å². The van der Waals surface area contributed by atoms with Gasteiger partial charge in [0.1, 0.15) is 4.21 Å². The van der Waals surface area contributed by atoms with Gasteiger partial charge in [-0.1, -0.05) is 37.3 Å². The van der Waals surface area contributed by atoms with Gasteiger partial charge < -0.3 is 4.74 Å². The Morgan fingerprint density at radius 2 is 1.92 bits per heavy atom. The normalized spacial score (nSPS) is 16.0. The Hall–Kier alpha value is -2.23. The van der Waals surface area contributed by atoms with E-state index in [1.807, 2.05) is 6.92 Å². The number of benzene rings is 1. The van der Waals surface area contributed by atoms with Crippen LogP contribution >= 0.6 is 11.3 Å². The Bertz CT molecular complexity index is 892. The van der Waals surface area contributed by atoms with Crippen molar-refractivity contribution in [3.05, 3.63) is 52.9 Å². The summed E-state index contributed by atoms with van der Waals surface area (Å²) in [4.78, 5) is 25.5. The quantitative estimate of drug-likeness (QED) is 0.778. The summed E-state index contributed by atoms with van der Waals surface area (Å²) in [6.07, 6.45) is -0.0179. The molecule has 0 spiro atoms. The van der Waals surface area contributed by atoms with Gasteiger partial charge in [-0.05, 0) is 24.1 Å². The first kappa shape index (κ1) is 18.6. The van der Waals surface area contributed by atoms with Crippen molar-refractivity contribution in [3.8, 4) is 0 Å². The van der Waals surface area contributed by atoms with Gasteiger partial charge in [-0.25, -0.2) is 22.8 Å². The standard InChI is InChI=1S/C17H18N2O5S2/c1-2-13-8-9-16(25-13)26(22,23)18-14(12-6-4-3-5-7-12)10-19-15(20)11-24-17(19)21/h3-9,14,18H,2,10-11H2,1H3/t14-/m0/s1. The Labute approximate surface area is 155 Å². The third-order valence-corrected chi connectivity index (χ3v) is 7.15. The number of cyclic esters (lactones) is 1. The zero-order valence-corrected chi connectivity index (χ0v) is 15.7. The average Bonchev–Trinajstić information content (AvgIpc) is 3.24. The maximum atomic E-state index is 12.8. The van der Waals surface area contributed by atoms with Gasteiger partial charge in [-0.3, -0.25) is 4.79 Å². The lowest BCUT2D eigenvalue weighted by atomic mass is 10.1. The van der Waals surface area contributed by atoms with E-state index in [0.717, 1.165) is 16.2 Å². The molecule has 9 heteroatoms. The molecule has 1 aromatic heterocycles. The topological polar surface area (TPSA) is 92.8 Å². The molecule has 0 unspecified atom stereocenters. The summed E-state index contributed by atoms with van der Waals surface area (Å²) in [5.41, 5.74) is 0.649. The van der Waals surface area contributed by atoms with Crippen molar-refractivity contribution in [3.63, 3.8) is 0 Å². The Morgan fingerprint density at radius 1 is 1.19 bits per heavy atom. The zero-order valence-electron chi connectivity index (χ0n) is 14.0. The SMILES string of the molecule is CCc1ccc(S(=O)(=O)N[C@@H](CN2C(=O)COC2=O)c2ccccc2)s1. The first-order valence-corrected chi connectivity index (χ1v) is 10.3. The molecule has 0 aliphatic carbocycles. The van der Waals surface area contributed by atoms with E-state index in [1.54, 1.807) is 42.5 Å². The van der Waals surface area contributed by atoms with Crippen LogP contribution in [0, 0.1) is 0 Å². The van der Waals surface area contributed by atoms with Gasteiger partial charge in [0.2, 0.25) is 0 Å². The van der Waals surface area contributed by atoms with Gasteiger partial charge in [-0.15, -0.1) is 11.3 Å². The lowest BCUT2D eigenvalue weighted by molar-refractivity contribution is -0.126. The summed E-state index contributed by atoms with van der Waals surface area (Å²) in [7, 11) is -3.80. The number of ether oxygens (including phenoxy) is 1. The lowest BCUT2D eigenvalue weighted by Gasteiger charge is -2.22. The minimum Gasteiger partial charge on any atom is -0.439 e. The van der Waals surface area contributed by atoms with Gasteiger partial charge in [-0.2, -0.15) is 0 Å². The van der Waals surface area contributed by atoms with E-state index in [0.29, 0.717) is 5.56 Å². The predicted molar refractivity (Wildman–Crippen MR) is 96.3 cm³/mol. The van der Waals surface area contributed by atoms with Gasteiger partial charge in [0.05, 0.1) is 12.6 Å². The Morgan fingerprint density at radius 3 is 2.50 bits per heavy atom.